The highest BCUT2D eigenvalue weighted by atomic mass is 32.1. The predicted molar refractivity (Wildman–Crippen MR) is 83.8 cm³/mol. The third kappa shape index (κ3) is 3.78. The number of rotatable bonds is 5. The molecule has 0 aliphatic rings. The second-order valence-electron chi connectivity index (χ2n) is 5.50. The van der Waals surface area contributed by atoms with Gasteiger partial charge in [-0.2, -0.15) is 0 Å². The molecule has 2 rings (SSSR count). The minimum atomic E-state index is -1.00. The summed E-state index contributed by atoms with van der Waals surface area (Å²) in [6.07, 6.45) is 0. The summed E-state index contributed by atoms with van der Waals surface area (Å²) in [6.45, 7) is 7.66. The molecule has 0 spiro atoms. The molecule has 1 aromatic carbocycles. The van der Waals surface area contributed by atoms with E-state index in [4.69, 9.17) is 4.74 Å². The maximum atomic E-state index is 12.3. The molecular formula is C15H19N3O2S. The van der Waals surface area contributed by atoms with Crippen LogP contribution in [0.3, 0.4) is 0 Å². The molecule has 1 heterocycles. The van der Waals surface area contributed by atoms with E-state index in [2.05, 4.69) is 29.4 Å². The molecule has 1 aromatic heterocycles. The van der Waals surface area contributed by atoms with Crippen molar-refractivity contribution in [1.82, 2.24) is 10.2 Å². The maximum absolute atomic E-state index is 12.3. The Morgan fingerprint density at radius 1 is 1.33 bits per heavy atom. The molecule has 112 valence electrons. The number of nitrogens with zero attached hydrogens (tertiary/aromatic N) is 2. The number of amides is 1. The van der Waals surface area contributed by atoms with Gasteiger partial charge in [0.15, 0.2) is 5.60 Å². The van der Waals surface area contributed by atoms with Crippen molar-refractivity contribution in [3.8, 4) is 5.75 Å². The number of benzene rings is 1. The Bertz CT molecular complexity index is 609. The van der Waals surface area contributed by atoms with Crippen molar-refractivity contribution in [2.75, 3.05) is 5.32 Å². The highest BCUT2D eigenvalue weighted by molar-refractivity contribution is 7.13. The summed E-state index contributed by atoms with van der Waals surface area (Å²) in [5, 5.41) is 10.7. The van der Waals surface area contributed by atoms with E-state index < -0.39 is 5.60 Å². The van der Waals surface area contributed by atoms with Crippen LogP contribution < -0.4 is 10.1 Å². The fourth-order valence-electron chi connectivity index (χ4n) is 1.85. The largest absolute Gasteiger partial charge is 0.478 e. The lowest BCUT2D eigenvalue weighted by Gasteiger charge is -2.26. The van der Waals surface area contributed by atoms with Crippen LogP contribution in [0.4, 0.5) is 5.13 Å². The minimum absolute atomic E-state index is 0.252. The Balaban J connectivity index is 2.15. The number of nitrogens with one attached hydrogen (secondary N) is 1. The van der Waals surface area contributed by atoms with Gasteiger partial charge in [-0.25, -0.2) is 0 Å². The van der Waals surface area contributed by atoms with E-state index >= 15 is 0 Å². The van der Waals surface area contributed by atoms with Crippen LogP contribution in [0.1, 0.15) is 39.2 Å². The lowest BCUT2D eigenvalue weighted by atomic mass is 10.0. The Morgan fingerprint density at radius 3 is 2.67 bits per heavy atom. The first-order chi connectivity index (χ1) is 9.90. The Morgan fingerprint density at radius 2 is 2.05 bits per heavy atom. The van der Waals surface area contributed by atoms with Gasteiger partial charge in [0, 0.05) is 0 Å². The zero-order valence-corrected chi connectivity index (χ0v) is 13.4. The van der Waals surface area contributed by atoms with Crippen molar-refractivity contribution >= 4 is 22.4 Å². The van der Waals surface area contributed by atoms with Crippen molar-refractivity contribution in [1.29, 1.82) is 0 Å². The number of anilines is 1. The van der Waals surface area contributed by atoms with Crippen molar-refractivity contribution in [3.05, 3.63) is 35.3 Å². The molecule has 1 amide bonds. The first kappa shape index (κ1) is 15.4. The van der Waals surface area contributed by atoms with Crippen LogP contribution >= 0.6 is 11.3 Å². The number of hydrogen-bond donors (Lipinski definition) is 1. The van der Waals surface area contributed by atoms with E-state index in [1.807, 2.05) is 24.3 Å². The van der Waals surface area contributed by atoms with Gasteiger partial charge in [0.1, 0.15) is 11.3 Å². The highest BCUT2D eigenvalue weighted by Gasteiger charge is 2.31. The van der Waals surface area contributed by atoms with Crippen LogP contribution in [0.5, 0.6) is 5.75 Å². The van der Waals surface area contributed by atoms with Crippen LogP contribution in [0.2, 0.25) is 0 Å². The summed E-state index contributed by atoms with van der Waals surface area (Å²) in [5.41, 5.74) is 1.64. The van der Waals surface area contributed by atoms with E-state index in [-0.39, 0.29) is 5.91 Å². The number of carbonyl (C=O) groups is 1. The summed E-state index contributed by atoms with van der Waals surface area (Å²) < 4.78 is 5.95. The monoisotopic (exact) mass is 305 g/mol. The lowest BCUT2D eigenvalue weighted by molar-refractivity contribution is -0.128. The molecule has 0 radical (unpaired) electrons. The third-order valence-electron chi connectivity index (χ3n) is 3.03. The van der Waals surface area contributed by atoms with Crippen LogP contribution in [0.25, 0.3) is 0 Å². The zero-order chi connectivity index (χ0) is 15.5. The van der Waals surface area contributed by atoms with Crippen LogP contribution in [0.15, 0.2) is 29.8 Å². The molecule has 0 atom stereocenters. The zero-order valence-electron chi connectivity index (χ0n) is 12.6. The number of para-hydroxylation sites is 1. The molecule has 0 bridgehead atoms. The molecular weight excluding hydrogens is 286 g/mol. The van der Waals surface area contributed by atoms with Crippen LogP contribution in [-0.4, -0.2) is 21.7 Å². The topological polar surface area (TPSA) is 64.1 Å². The first-order valence-electron chi connectivity index (χ1n) is 6.75. The van der Waals surface area contributed by atoms with E-state index in [1.165, 1.54) is 11.3 Å². The molecule has 2 aromatic rings. The molecule has 0 aliphatic carbocycles. The Hall–Kier alpha value is -1.95. The fraction of sp³-hybridized carbons (Fsp3) is 0.400. The molecule has 0 saturated heterocycles. The number of carbonyl (C=O) groups excluding carboxylic acids is 1. The average Bonchev–Trinajstić information content (AvgIpc) is 2.91. The molecule has 1 N–H and O–H groups in total. The SMILES string of the molecule is CC(C)c1ccccc1OC(C)(C)C(=O)Nc1nncs1. The van der Waals surface area contributed by atoms with Crippen molar-refractivity contribution in [3.63, 3.8) is 0 Å². The smallest absolute Gasteiger partial charge is 0.269 e. The first-order valence-corrected chi connectivity index (χ1v) is 7.63. The van der Waals surface area contributed by atoms with Crippen LogP contribution in [0, 0.1) is 0 Å². The highest BCUT2D eigenvalue weighted by Crippen LogP contribution is 2.29. The van der Waals surface area contributed by atoms with E-state index in [1.54, 1.807) is 19.4 Å². The molecule has 6 heteroatoms. The molecule has 0 aliphatic heterocycles. The summed E-state index contributed by atoms with van der Waals surface area (Å²) >= 11 is 1.27. The number of ether oxygens (including phenoxy) is 1. The van der Waals surface area contributed by atoms with Gasteiger partial charge in [0.05, 0.1) is 0 Å². The van der Waals surface area contributed by atoms with Gasteiger partial charge in [0.25, 0.3) is 5.91 Å². The van der Waals surface area contributed by atoms with Gasteiger partial charge in [-0.1, -0.05) is 43.4 Å². The Labute approximate surface area is 128 Å². The molecule has 0 saturated carbocycles. The number of hydrogen-bond acceptors (Lipinski definition) is 5. The quantitative estimate of drug-likeness (QED) is 0.919. The number of aromatic nitrogens is 2. The molecule has 0 fully saturated rings. The van der Waals surface area contributed by atoms with Gasteiger partial charge in [0.2, 0.25) is 5.13 Å². The minimum Gasteiger partial charge on any atom is -0.478 e. The molecule has 0 unspecified atom stereocenters. The second kappa shape index (κ2) is 6.22. The van der Waals surface area contributed by atoms with E-state index in [0.717, 1.165) is 11.3 Å². The lowest BCUT2D eigenvalue weighted by Crippen LogP contribution is -2.42. The van der Waals surface area contributed by atoms with Crippen LogP contribution in [-0.2, 0) is 4.79 Å². The third-order valence-corrected chi connectivity index (χ3v) is 3.64. The second-order valence-corrected chi connectivity index (χ2v) is 6.34. The summed E-state index contributed by atoms with van der Waals surface area (Å²) in [6, 6.07) is 7.77. The normalized spacial score (nSPS) is 11.5. The van der Waals surface area contributed by atoms with Gasteiger partial charge < -0.3 is 4.74 Å². The fourth-order valence-corrected chi connectivity index (χ4v) is 2.29. The standard InChI is InChI=1S/C15H19N3O2S/c1-10(2)11-7-5-6-8-12(11)20-15(3,4)13(19)17-14-18-16-9-21-14/h5-10H,1-4H3,(H,17,18,19). The van der Waals surface area contributed by atoms with Gasteiger partial charge in [-0.05, 0) is 31.4 Å². The van der Waals surface area contributed by atoms with Gasteiger partial charge in [-0.15, -0.1) is 10.2 Å². The summed E-state index contributed by atoms with van der Waals surface area (Å²) in [5.74, 6) is 0.797. The van der Waals surface area contributed by atoms with E-state index in [0.29, 0.717) is 11.0 Å². The summed E-state index contributed by atoms with van der Waals surface area (Å²) in [4.78, 5) is 12.3. The van der Waals surface area contributed by atoms with Gasteiger partial charge >= 0.3 is 0 Å². The summed E-state index contributed by atoms with van der Waals surface area (Å²) in [7, 11) is 0. The van der Waals surface area contributed by atoms with Crippen molar-refractivity contribution in [2.45, 2.75) is 39.2 Å². The van der Waals surface area contributed by atoms with Gasteiger partial charge in [-0.3, -0.25) is 10.1 Å². The predicted octanol–water partition coefficient (Wildman–Crippen LogP) is 3.46. The molecule has 5 nitrogen and oxygen atoms in total. The van der Waals surface area contributed by atoms with Crippen molar-refractivity contribution < 1.29 is 9.53 Å². The Kier molecular flexibility index (Phi) is 4.57. The molecule has 21 heavy (non-hydrogen) atoms. The maximum Gasteiger partial charge on any atom is 0.269 e. The van der Waals surface area contributed by atoms with Crippen molar-refractivity contribution in [2.24, 2.45) is 0 Å². The average molecular weight is 305 g/mol. The van der Waals surface area contributed by atoms with E-state index in [9.17, 15) is 4.79 Å².